The minimum atomic E-state index is -0.638. The number of nitrogens with one attached hydrogen (secondary N) is 1. The normalized spacial score (nSPS) is 15.4. The van der Waals surface area contributed by atoms with Crippen LogP contribution in [0.15, 0.2) is 83.5 Å². The van der Waals surface area contributed by atoms with Crippen LogP contribution in [-0.4, -0.2) is 53.8 Å². The van der Waals surface area contributed by atoms with Crippen LogP contribution >= 0.6 is 0 Å². The Labute approximate surface area is 182 Å². The van der Waals surface area contributed by atoms with Crippen molar-refractivity contribution in [3.63, 3.8) is 0 Å². The van der Waals surface area contributed by atoms with Crippen molar-refractivity contribution < 1.29 is 14.0 Å². The Morgan fingerprint density at radius 1 is 0.839 bits per heavy atom. The highest BCUT2D eigenvalue weighted by Crippen LogP contribution is 2.12. The van der Waals surface area contributed by atoms with E-state index < -0.39 is 6.04 Å². The van der Waals surface area contributed by atoms with Gasteiger partial charge in [0, 0.05) is 39.1 Å². The molecular formula is C25H27N3O3. The van der Waals surface area contributed by atoms with Gasteiger partial charge in [0.2, 0.25) is 5.91 Å². The van der Waals surface area contributed by atoms with Crippen LogP contribution in [0.1, 0.15) is 21.7 Å². The number of piperazine rings is 1. The van der Waals surface area contributed by atoms with Gasteiger partial charge in [-0.15, -0.1) is 0 Å². The van der Waals surface area contributed by atoms with E-state index in [9.17, 15) is 9.59 Å². The quantitative estimate of drug-likeness (QED) is 0.642. The SMILES string of the molecule is O=C(NC(Cc1ccccc1)C(=O)N1CCN(Cc2ccccc2)CC1)c1ccco1. The molecule has 1 atom stereocenters. The fourth-order valence-electron chi connectivity index (χ4n) is 3.88. The van der Waals surface area contributed by atoms with Gasteiger partial charge in [-0.2, -0.15) is 0 Å². The van der Waals surface area contributed by atoms with Gasteiger partial charge in [-0.05, 0) is 23.3 Å². The zero-order valence-corrected chi connectivity index (χ0v) is 17.4. The number of benzene rings is 2. The highest BCUT2D eigenvalue weighted by Gasteiger charge is 2.29. The molecule has 1 unspecified atom stereocenters. The number of amides is 2. The van der Waals surface area contributed by atoms with Gasteiger partial charge >= 0.3 is 0 Å². The lowest BCUT2D eigenvalue weighted by Crippen LogP contribution is -2.55. The van der Waals surface area contributed by atoms with Crippen LogP contribution in [0.4, 0.5) is 0 Å². The predicted molar refractivity (Wildman–Crippen MR) is 118 cm³/mol. The zero-order valence-electron chi connectivity index (χ0n) is 17.4. The second-order valence-electron chi connectivity index (χ2n) is 7.78. The van der Waals surface area contributed by atoms with Crippen molar-refractivity contribution >= 4 is 11.8 Å². The van der Waals surface area contributed by atoms with Crippen LogP contribution in [0.5, 0.6) is 0 Å². The second-order valence-corrected chi connectivity index (χ2v) is 7.78. The summed E-state index contributed by atoms with van der Waals surface area (Å²) >= 11 is 0. The number of carbonyl (C=O) groups is 2. The number of furan rings is 1. The molecule has 31 heavy (non-hydrogen) atoms. The monoisotopic (exact) mass is 417 g/mol. The van der Waals surface area contributed by atoms with E-state index in [-0.39, 0.29) is 17.6 Å². The molecular weight excluding hydrogens is 390 g/mol. The molecule has 1 saturated heterocycles. The Bertz CT molecular complexity index is 966. The van der Waals surface area contributed by atoms with E-state index in [4.69, 9.17) is 4.42 Å². The zero-order chi connectivity index (χ0) is 21.5. The molecule has 0 spiro atoms. The van der Waals surface area contributed by atoms with Crippen molar-refractivity contribution in [3.05, 3.63) is 95.9 Å². The molecule has 2 amide bonds. The first-order chi connectivity index (χ1) is 15.2. The Balaban J connectivity index is 1.40. The average Bonchev–Trinajstić information content (AvgIpc) is 3.35. The first-order valence-electron chi connectivity index (χ1n) is 10.6. The van der Waals surface area contributed by atoms with Crippen LogP contribution in [0, 0.1) is 0 Å². The molecule has 1 N–H and O–H groups in total. The summed E-state index contributed by atoms with van der Waals surface area (Å²) in [5.74, 6) is -0.219. The van der Waals surface area contributed by atoms with Gasteiger partial charge in [0.15, 0.2) is 5.76 Å². The summed E-state index contributed by atoms with van der Waals surface area (Å²) in [6.45, 7) is 3.79. The summed E-state index contributed by atoms with van der Waals surface area (Å²) < 4.78 is 5.20. The van der Waals surface area contributed by atoms with Crippen molar-refractivity contribution in [2.24, 2.45) is 0 Å². The van der Waals surface area contributed by atoms with E-state index in [1.807, 2.05) is 53.4 Å². The molecule has 0 saturated carbocycles. The number of hydrogen-bond acceptors (Lipinski definition) is 4. The van der Waals surface area contributed by atoms with Crippen LogP contribution in [0.25, 0.3) is 0 Å². The van der Waals surface area contributed by atoms with Gasteiger partial charge in [0.25, 0.3) is 5.91 Å². The van der Waals surface area contributed by atoms with Gasteiger partial charge in [0.1, 0.15) is 6.04 Å². The van der Waals surface area contributed by atoms with E-state index >= 15 is 0 Å². The summed E-state index contributed by atoms with van der Waals surface area (Å²) in [6.07, 6.45) is 1.89. The number of rotatable bonds is 7. The summed E-state index contributed by atoms with van der Waals surface area (Å²) in [5, 5.41) is 2.88. The molecule has 6 heteroatoms. The lowest BCUT2D eigenvalue weighted by molar-refractivity contribution is -0.135. The average molecular weight is 418 g/mol. The van der Waals surface area contributed by atoms with Crippen molar-refractivity contribution in [2.45, 2.75) is 19.0 Å². The molecule has 1 aromatic heterocycles. The maximum absolute atomic E-state index is 13.3. The summed E-state index contributed by atoms with van der Waals surface area (Å²) in [5.41, 5.74) is 2.28. The van der Waals surface area contributed by atoms with E-state index in [0.717, 1.165) is 25.2 Å². The predicted octanol–water partition coefficient (Wildman–Crippen LogP) is 2.97. The van der Waals surface area contributed by atoms with E-state index in [0.29, 0.717) is 19.5 Å². The van der Waals surface area contributed by atoms with Gasteiger partial charge in [-0.1, -0.05) is 60.7 Å². The molecule has 0 radical (unpaired) electrons. The van der Waals surface area contributed by atoms with Crippen molar-refractivity contribution in [1.82, 2.24) is 15.1 Å². The summed E-state index contributed by atoms with van der Waals surface area (Å²) in [6, 6.07) is 22.7. The van der Waals surface area contributed by atoms with Crippen molar-refractivity contribution in [2.75, 3.05) is 26.2 Å². The Hall–Kier alpha value is -3.38. The first-order valence-corrected chi connectivity index (χ1v) is 10.6. The molecule has 2 heterocycles. The van der Waals surface area contributed by atoms with Gasteiger partial charge in [0.05, 0.1) is 6.26 Å². The molecule has 160 valence electrons. The summed E-state index contributed by atoms with van der Waals surface area (Å²) in [7, 11) is 0. The van der Waals surface area contributed by atoms with Crippen molar-refractivity contribution in [3.8, 4) is 0 Å². The minimum Gasteiger partial charge on any atom is -0.459 e. The van der Waals surface area contributed by atoms with Gasteiger partial charge in [-0.3, -0.25) is 14.5 Å². The maximum atomic E-state index is 13.3. The molecule has 3 aromatic rings. The fourth-order valence-corrected chi connectivity index (χ4v) is 3.88. The molecule has 1 fully saturated rings. The van der Waals surface area contributed by atoms with E-state index in [2.05, 4.69) is 22.3 Å². The molecule has 4 rings (SSSR count). The number of hydrogen-bond donors (Lipinski definition) is 1. The largest absolute Gasteiger partial charge is 0.459 e. The van der Waals surface area contributed by atoms with Crippen LogP contribution in [0.2, 0.25) is 0 Å². The third-order valence-corrected chi connectivity index (χ3v) is 5.56. The van der Waals surface area contributed by atoms with Gasteiger partial charge in [-0.25, -0.2) is 0 Å². The Morgan fingerprint density at radius 2 is 1.48 bits per heavy atom. The van der Waals surface area contributed by atoms with Crippen LogP contribution in [0.3, 0.4) is 0 Å². The van der Waals surface area contributed by atoms with E-state index in [1.54, 1.807) is 12.1 Å². The Kier molecular flexibility index (Phi) is 6.79. The lowest BCUT2D eigenvalue weighted by atomic mass is 10.0. The third kappa shape index (κ3) is 5.61. The highest BCUT2D eigenvalue weighted by molar-refractivity contribution is 5.95. The highest BCUT2D eigenvalue weighted by atomic mass is 16.3. The number of carbonyl (C=O) groups excluding carboxylic acids is 2. The minimum absolute atomic E-state index is 0.0527. The molecule has 0 aliphatic carbocycles. The Morgan fingerprint density at radius 3 is 2.10 bits per heavy atom. The number of nitrogens with zero attached hydrogens (tertiary/aromatic N) is 2. The molecule has 2 aromatic carbocycles. The molecule has 1 aliphatic heterocycles. The lowest BCUT2D eigenvalue weighted by Gasteiger charge is -2.36. The topological polar surface area (TPSA) is 65.8 Å². The van der Waals surface area contributed by atoms with Crippen LogP contribution < -0.4 is 5.32 Å². The third-order valence-electron chi connectivity index (χ3n) is 5.56. The fraction of sp³-hybridized carbons (Fsp3) is 0.280. The standard InChI is InChI=1S/C25H27N3O3/c29-24(23-12-7-17-31-23)26-22(18-20-8-3-1-4-9-20)25(30)28-15-13-27(14-16-28)19-21-10-5-2-6-11-21/h1-12,17,22H,13-16,18-19H2,(H,26,29). The van der Waals surface area contributed by atoms with Crippen LogP contribution in [-0.2, 0) is 17.8 Å². The van der Waals surface area contributed by atoms with Crippen molar-refractivity contribution in [1.29, 1.82) is 0 Å². The maximum Gasteiger partial charge on any atom is 0.287 e. The molecule has 6 nitrogen and oxygen atoms in total. The first kappa shape index (κ1) is 20.9. The van der Waals surface area contributed by atoms with E-state index in [1.165, 1.54) is 11.8 Å². The van der Waals surface area contributed by atoms with Gasteiger partial charge < -0.3 is 14.6 Å². The summed E-state index contributed by atoms with van der Waals surface area (Å²) in [4.78, 5) is 30.1. The second kappa shape index (κ2) is 10.1. The molecule has 0 bridgehead atoms. The molecule has 1 aliphatic rings. The smallest absolute Gasteiger partial charge is 0.287 e.